The van der Waals surface area contributed by atoms with Crippen LogP contribution in [0.1, 0.15) is 11.1 Å². The molecule has 1 heterocycles. The summed E-state index contributed by atoms with van der Waals surface area (Å²) in [5.74, 6) is 1.07. The van der Waals surface area contributed by atoms with E-state index in [0.717, 1.165) is 16.7 Å². The van der Waals surface area contributed by atoms with Gasteiger partial charge >= 0.3 is 0 Å². The van der Waals surface area contributed by atoms with Crippen LogP contribution in [-0.2, 0) is 0 Å². The lowest BCUT2D eigenvalue weighted by Gasteiger charge is -2.19. The predicted molar refractivity (Wildman–Crippen MR) is 77.3 cm³/mol. The average molecular weight is 319 g/mol. The highest BCUT2D eigenvalue weighted by Gasteiger charge is 2.17. The van der Waals surface area contributed by atoms with Gasteiger partial charge in [-0.05, 0) is 57.4 Å². The molecule has 3 rings (SSSR count). The molecule has 2 aromatic carbocycles. The van der Waals surface area contributed by atoms with Crippen molar-refractivity contribution in [2.45, 2.75) is 0 Å². The number of aromatic hydroxyl groups is 2. The van der Waals surface area contributed by atoms with Gasteiger partial charge in [0.25, 0.3) is 0 Å². The van der Waals surface area contributed by atoms with Crippen LogP contribution in [0.25, 0.3) is 11.6 Å². The summed E-state index contributed by atoms with van der Waals surface area (Å²) in [5.41, 5.74) is 2.96. The minimum Gasteiger partial charge on any atom is -0.508 e. The van der Waals surface area contributed by atoms with E-state index in [2.05, 4.69) is 15.9 Å². The van der Waals surface area contributed by atoms with Gasteiger partial charge in [0.05, 0.1) is 0 Å². The molecule has 0 saturated heterocycles. The van der Waals surface area contributed by atoms with Crippen molar-refractivity contribution in [3.63, 3.8) is 0 Å². The van der Waals surface area contributed by atoms with E-state index < -0.39 is 0 Å². The van der Waals surface area contributed by atoms with E-state index in [1.165, 1.54) is 0 Å². The van der Waals surface area contributed by atoms with Gasteiger partial charge < -0.3 is 14.9 Å². The highest BCUT2D eigenvalue weighted by atomic mass is 79.9. The zero-order valence-corrected chi connectivity index (χ0v) is 11.5. The molecule has 0 radical (unpaired) electrons. The number of halogens is 1. The first-order valence-electron chi connectivity index (χ1n) is 5.79. The van der Waals surface area contributed by atoms with Crippen LogP contribution in [-0.4, -0.2) is 16.8 Å². The Morgan fingerprint density at radius 1 is 1.00 bits per heavy atom. The summed E-state index contributed by atoms with van der Waals surface area (Å²) < 4.78 is 6.27. The van der Waals surface area contributed by atoms with Gasteiger partial charge in [-0.1, -0.05) is 12.1 Å². The van der Waals surface area contributed by atoms with Gasteiger partial charge in [0, 0.05) is 5.56 Å². The lowest BCUT2D eigenvalue weighted by Crippen LogP contribution is -2.07. The standard InChI is InChI=1S/C15H11BrO3/c16-14-13(18)6-3-10-7-11(8-19-15(10)14)9-1-4-12(17)5-2-9/h1-7,17-18H,8H2. The Bertz CT molecular complexity index is 660. The summed E-state index contributed by atoms with van der Waals surface area (Å²) in [5, 5.41) is 18.9. The summed E-state index contributed by atoms with van der Waals surface area (Å²) in [6.45, 7) is 0.430. The molecule has 2 aromatic rings. The molecule has 0 spiro atoms. The van der Waals surface area contributed by atoms with Crippen molar-refractivity contribution < 1.29 is 14.9 Å². The number of phenolic OH excluding ortho intramolecular Hbond substituents is 2. The number of benzene rings is 2. The molecule has 0 aliphatic carbocycles. The first-order valence-corrected chi connectivity index (χ1v) is 6.58. The topological polar surface area (TPSA) is 49.7 Å². The van der Waals surface area contributed by atoms with Crippen LogP contribution in [0.4, 0.5) is 0 Å². The molecule has 1 aliphatic rings. The van der Waals surface area contributed by atoms with Gasteiger partial charge in [-0.3, -0.25) is 0 Å². The minimum absolute atomic E-state index is 0.167. The van der Waals surface area contributed by atoms with Crippen molar-refractivity contribution in [2.75, 3.05) is 6.61 Å². The van der Waals surface area contributed by atoms with Crippen LogP contribution in [0.3, 0.4) is 0 Å². The van der Waals surface area contributed by atoms with Gasteiger partial charge in [0.1, 0.15) is 28.3 Å². The van der Waals surface area contributed by atoms with E-state index in [1.807, 2.05) is 24.3 Å². The number of ether oxygens (including phenoxy) is 1. The van der Waals surface area contributed by atoms with E-state index in [9.17, 15) is 10.2 Å². The Morgan fingerprint density at radius 2 is 1.74 bits per heavy atom. The molecule has 0 aromatic heterocycles. The van der Waals surface area contributed by atoms with Crippen molar-refractivity contribution >= 4 is 27.6 Å². The minimum atomic E-state index is 0.167. The Kier molecular flexibility index (Phi) is 2.95. The molecule has 96 valence electrons. The van der Waals surface area contributed by atoms with Gasteiger partial charge in [0.15, 0.2) is 0 Å². The largest absolute Gasteiger partial charge is 0.508 e. The number of fused-ring (bicyclic) bond motifs is 1. The first kappa shape index (κ1) is 12.1. The molecule has 2 N–H and O–H groups in total. The van der Waals surface area contributed by atoms with Crippen LogP contribution in [0.2, 0.25) is 0 Å². The molecule has 4 heteroatoms. The molecule has 0 bridgehead atoms. The Balaban J connectivity index is 2.04. The number of hydrogen-bond donors (Lipinski definition) is 2. The fourth-order valence-electron chi connectivity index (χ4n) is 2.04. The van der Waals surface area contributed by atoms with E-state index in [-0.39, 0.29) is 11.5 Å². The molecule has 1 aliphatic heterocycles. The zero-order chi connectivity index (χ0) is 13.4. The third-order valence-electron chi connectivity index (χ3n) is 3.05. The van der Waals surface area contributed by atoms with Crippen molar-refractivity contribution in [2.24, 2.45) is 0 Å². The van der Waals surface area contributed by atoms with E-state index in [1.54, 1.807) is 18.2 Å². The summed E-state index contributed by atoms with van der Waals surface area (Å²) in [6.07, 6.45) is 2.02. The molecule has 3 nitrogen and oxygen atoms in total. The molecule has 0 saturated carbocycles. The van der Waals surface area contributed by atoms with Crippen LogP contribution < -0.4 is 4.74 Å². The number of hydrogen-bond acceptors (Lipinski definition) is 3. The smallest absolute Gasteiger partial charge is 0.144 e. The van der Waals surface area contributed by atoms with E-state index in [4.69, 9.17) is 4.74 Å². The van der Waals surface area contributed by atoms with Gasteiger partial charge in [-0.2, -0.15) is 0 Å². The first-order chi connectivity index (χ1) is 9.15. The van der Waals surface area contributed by atoms with Crippen molar-refractivity contribution in [1.82, 2.24) is 0 Å². The molecule has 0 fully saturated rings. The zero-order valence-electron chi connectivity index (χ0n) is 9.93. The van der Waals surface area contributed by atoms with Crippen molar-refractivity contribution in [3.05, 3.63) is 52.0 Å². The monoisotopic (exact) mass is 318 g/mol. The van der Waals surface area contributed by atoms with E-state index >= 15 is 0 Å². The molecule has 0 amide bonds. The van der Waals surface area contributed by atoms with Crippen LogP contribution in [0.15, 0.2) is 40.9 Å². The summed E-state index contributed by atoms with van der Waals surface area (Å²) in [7, 11) is 0. The molecule has 0 atom stereocenters. The fourth-order valence-corrected chi connectivity index (χ4v) is 2.52. The Hall–Kier alpha value is -1.94. The summed E-state index contributed by atoms with van der Waals surface area (Å²) in [4.78, 5) is 0. The third kappa shape index (κ3) is 2.19. The Labute approximate surface area is 118 Å². The molecular weight excluding hydrogens is 308 g/mol. The van der Waals surface area contributed by atoms with Gasteiger partial charge in [0.2, 0.25) is 0 Å². The highest BCUT2D eigenvalue weighted by Crippen LogP contribution is 2.41. The second kappa shape index (κ2) is 4.63. The van der Waals surface area contributed by atoms with Crippen molar-refractivity contribution in [3.8, 4) is 17.2 Å². The van der Waals surface area contributed by atoms with Crippen LogP contribution in [0, 0.1) is 0 Å². The lowest BCUT2D eigenvalue weighted by molar-refractivity contribution is 0.359. The number of rotatable bonds is 1. The molecule has 19 heavy (non-hydrogen) atoms. The fraction of sp³-hybridized carbons (Fsp3) is 0.0667. The number of phenols is 2. The highest BCUT2D eigenvalue weighted by molar-refractivity contribution is 9.10. The maximum Gasteiger partial charge on any atom is 0.144 e. The van der Waals surface area contributed by atoms with Gasteiger partial charge in [-0.25, -0.2) is 0 Å². The third-order valence-corrected chi connectivity index (χ3v) is 3.81. The van der Waals surface area contributed by atoms with Crippen LogP contribution >= 0.6 is 15.9 Å². The quantitative estimate of drug-likeness (QED) is 0.841. The SMILES string of the molecule is Oc1ccc(C2=Cc3ccc(O)c(Br)c3OC2)cc1. The second-order valence-electron chi connectivity index (χ2n) is 4.32. The maximum absolute atomic E-state index is 9.61. The lowest BCUT2D eigenvalue weighted by atomic mass is 10.0. The second-order valence-corrected chi connectivity index (χ2v) is 5.12. The predicted octanol–water partition coefficient (Wildman–Crippen LogP) is 3.79. The summed E-state index contributed by atoms with van der Waals surface area (Å²) in [6, 6.07) is 10.4. The van der Waals surface area contributed by atoms with Crippen LogP contribution in [0.5, 0.6) is 17.2 Å². The van der Waals surface area contributed by atoms with Crippen molar-refractivity contribution in [1.29, 1.82) is 0 Å². The maximum atomic E-state index is 9.61. The Morgan fingerprint density at radius 3 is 2.47 bits per heavy atom. The van der Waals surface area contributed by atoms with Gasteiger partial charge in [-0.15, -0.1) is 0 Å². The summed E-state index contributed by atoms with van der Waals surface area (Å²) >= 11 is 3.31. The van der Waals surface area contributed by atoms with E-state index in [0.29, 0.717) is 16.8 Å². The average Bonchev–Trinajstić information content (AvgIpc) is 2.43. The molecule has 0 unspecified atom stereocenters. The normalized spacial score (nSPS) is 13.4. The molecular formula is C15H11BrO3.